The summed E-state index contributed by atoms with van der Waals surface area (Å²) in [5, 5.41) is 17.9. The number of carbonyl (C=O) groups excluding carboxylic acids is 5. The van der Waals surface area contributed by atoms with Crippen LogP contribution in [0.3, 0.4) is 0 Å². The van der Waals surface area contributed by atoms with Crippen molar-refractivity contribution < 1.29 is 43.3 Å². The van der Waals surface area contributed by atoms with E-state index in [1.165, 1.54) is 6.08 Å². The van der Waals surface area contributed by atoms with Gasteiger partial charge in [-0.2, -0.15) is 0 Å². The average molecular weight is 802 g/mol. The zero-order valence-corrected chi connectivity index (χ0v) is 32.9. The number of amides is 3. The lowest BCUT2D eigenvalue weighted by Gasteiger charge is -2.23. The topological polar surface area (TPSA) is 169 Å². The molecule has 4 aromatic carbocycles. The molecule has 0 aromatic heterocycles. The van der Waals surface area contributed by atoms with E-state index in [2.05, 4.69) is 29.1 Å². The third kappa shape index (κ3) is 12.7. The SMILES string of the molecule is C=CCC[C@H](NC(=O)OCC1c2ccccc2-c2ccccc21)C(=O)OC[C@@H](NC(=O)[C@H](CC=C)CC(=O)N[C@@H](CO)Cc1ccccc1)C(=O)OCc1ccccc1. The van der Waals surface area contributed by atoms with Crippen LogP contribution in [0.5, 0.6) is 0 Å². The van der Waals surface area contributed by atoms with E-state index in [4.69, 9.17) is 14.2 Å². The van der Waals surface area contributed by atoms with E-state index >= 15 is 0 Å². The second-order valence-corrected chi connectivity index (χ2v) is 14.2. The Hall–Kier alpha value is -6.53. The van der Waals surface area contributed by atoms with E-state index in [1.807, 2.05) is 84.9 Å². The average Bonchev–Trinajstić information content (AvgIpc) is 3.58. The van der Waals surface area contributed by atoms with Gasteiger partial charge in [-0.1, -0.05) is 121 Å². The predicted octanol–water partition coefficient (Wildman–Crippen LogP) is 5.93. The number of esters is 2. The first kappa shape index (κ1) is 43.6. The van der Waals surface area contributed by atoms with Crippen molar-refractivity contribution in [1.82, 2.24) is 16.0 Å². The molecule has 0 saturated heterocycles. The molecule has 12 heteroatoms. The van der Waals surface area contributed by atoms with Crippen molar-refractivity contribution in [3.63, 3.8) is 0 Å². The van der Waals surface area contributed by atoms with Gasteiger partial charge in [0.1, 0.15) is 25.9 Å². The highest BCUT2D eigenvalue weighted by atomic mass is 16.6. The number of fused-ring (bicyclic) bond motifs is 3. The fraction of sp³-hybridized carbons (Fsp3) is 0.298. The number of ether oxygens (including phenoxy) is 3. The molecule has 1 aliphatic rings. The van der Waals surface area contributed by atoms with Gasteiger partial charge in [-0.05, 0) is 59.1 Å². The summed E-state index contributed by atoms with van der Waals surface area (Å²) in [7, 11) is 0. The Morgan fingerprint density at radius 1 is 0.678 bits per heavy atom. The predicted molar refractivity (Wildman–Crippen MR) is 223 cm³/mol. The second kappa shape index (κ2) is 22.4. The number of carbonyl (C=O) groups is 5. The molecule has 0 unspecified atom stereocenters. The van der Waals surface area contributed by atoms with Crippen LogP contribution in [-0.4, -0.2) is 72.9 Å². The summed E-state index contributed by atoms with van der Waals surface area (Å²) in [6, 6.07) is 30.9. The molecule has 4 aromatic rings. The molecule has 4 atom stereocenters. The summed E-state index contributed by atoms with van der Waals surface area (Å²) < 4.78 is 16.7. The zero-order chi connectivity index (χ0) is 42.0. The first-order valence-corrected chi connectivity index (χ1v) is 19.7. The number of alkyl carbamates (subject to hydrolysis) is 1. The highest BCUT2D eigenvalue weighted by Gasteiger charge is 2.32. The van der Waals surface area contributed by atoms with Crippen LogP contribution in [0.2, 0.25) is 0 Å². The zero-order valence-electron chi connectivity index (χ0n) is 32.9. The minimum atomic E-state index is -1.47. The van der Waals surface area contributed by atoms with Crippen LogP contribution >= 0.6 is 0 Å². The molecule has 308 valence electrons. The van der Waals surface area contributed by atoms with Crippen LogP contribution in [-0.2, 0) is 46.4 Å². The van der Waals surface area contributed by atoms with Gasteiger partial charge in [0.15, 0.2) is 6.04 Å². The molecule has 3 amide bonds. The van der Waals surface area contributed by atoms with Crippen molar-refractivity contribution in [2.75, 3.05) is 19.8 Å². The van der Waals surface area contributed by atoms with E-state index in [9.17, 15) is 29.1 Å². The number of aliphatic hydroxyl groups excluding tert-OH is 1. The minimum absolute atomic E-state index is 0.0298. The molecule has 0 spiro atoms. The van der Waals surface area contributed by atoms with Crippen molar-refractivity contribution in [2.45, 2.75) is 62.8 Å². The third-order valence-electron chi connectivity index (χ3n) is 9.96. The van der Waals surface area contributed by atoms with E-state index in [-0.39, 0.29) is 45.0 Å². The van der Waals surface area contributed by atoms with Crippen molar-refractivity contribution >= 4 is 29.8 Å². The number of aliphatic hydroxyl groups is 1. The molecule has 0 radical (unpaired) electrons. The summed E-state index contributed by atoms with van der Waals surface area (Å²) in [5.41, 5.74) is 5.81. The highest BCUT2D eigenvalue weighted by Crippen LogP contribution is 2.44. The van der Waals surface area contributed by atoms with Gasteiger partial charge in [0, 0.05) is 12.3 Å². The summed E-state index contributed by atoms with van der Waals surface area (Å²) in [6.07, 6.45) is 2.89. The number of hydrogen-bond acceptors (Lipinski definition) is 9. The Kier molecular flexibility index (Phi) is 16.6. The molecular formula is C47H51N3O9. The van der Waals surface area contributed by atoms with Gasteiger partial charge in [0.2, 0.25) is 11.8 Å². The first-order valence-electron chi connectivity index (χ1n) is 19.7. The van der Waals surface area contributed by atoms with Gasteiger partial charge < -0.3 is 35.3 Å². The molecule has 4 N–H and O–H groups in total. The Morgan fingerprint density at radius 2 is 1.27 bits per heavy atom. The molecule has 0 saturated carbocycles. The number of rotatable bonds is 22. The maximum absolute atomic E-state index is 13.7. The minimum Gasteiger partial charge on any atom is -0.461 e. The van der Waals surface area contributed by atoms with Gasteiger partial charge in [0.25, 0.3) is 0 Å². The van der Waals surface area contributed by atoms with E-state index in [1.54, 1.807) is 30.3 Å². The van der Waals surface area contributed by atoms with E-state index in [0.717, 1.165) is 27.8 Å². The summed E-state index contributed by atoms with van der Waals surface area (Å²) in [6.45, 7) is 6.40. The fourth-order valence-corrected chi connectivity index (χ4v) is 6.92. The molecule has 0 bridgehead atoms. The van der Waals surface area contributed by atoms with Crippen molar-refractivity contribution in [1.29, 1.82) is 0 Å². The summed E-state index contributed by atoms with van der Waals surface area (Å²) in [4.78, 5) is 67.0. The van der Waals surface area contributed by atoms with Crippen LogP contribution in [0.15, 0.2) is 135 Å². The molecule has 5 rings (SSSR count). The number of allylic oxidation sites excluding steroid dienone is 2. The lowest BCUT2D eigenvalue weighted by atomic mass is 9.98. The van der Waals surface area contributed by atoms with Crippen molar-refractivity contribution in [2.24, 2.45) is 5.92 Å². The van der Waals surface area contributed by atoms with Gasteiger partial charge in [-0.3, -0.25) is 9.59 Å². The smallest absolute Gasteiger partial charge is 0.407 e. The Labute approximate surface area is 344 Å². The van der Waals surface area contributed by atoms with E-state index < -0.39 is 60.5 Å². The number of nitrogens with one attached hydrogen (secondary N) is 3. The van der Waals surface area contributed by atoms with Crippen LogP contribution in [0.25, 0.3) is 11.1 Å². The molecule has 0 fully saturated rings. The standard InChI is InChI=1S/C47H51N3O9/c1-3-5-25-41(50-47(56)59-30-40-38-23-14-12-21-36(38)37-22-13-15-24-39(37)40)45(54)58-31-42(46(55)57-29-33-19-10-7-11-20-33)49-44(53)34(16-4-2)27-43(52)48-35(28-51)26-32-17-8-6-9-18-32/h3-4,6-15,17-24,34-35,40-42,51H,1-2,5,16,25-31H2,(H,48,52)(H,49,53)(H,50,56)/t34-,35-,41+,42-/m1/s1. The van der Waals surface area contributed by atoms with Crippen molar-refractivity contribution in [3.8, 4) is 11.1 Å². The van der Waals surface area contributed by atoms with Gasteiger partial charge in [-0.25, -0.2) is 14.4 Å². The number of benzene rings is 4. The quantitative estimate of drug-likeness (QED) is 0.0428. The Balaban J connectivity index is 1.22. The second-order valence-electron chi connectivity index (χ2n) is 14.2. The van der Waals surface area contributed by atoms with Crippen LogP contribution in [0, 0.1) is 5.92 Å². The van der Waals surface area contributed by atoms with Crippen LogP contribution in [0.4, 0.5) is 4.79 Å². The first-order chi connectivity index (χ1) is 28.7. The van der Waals surface area contributed by atoms with E-state index in [0.29, 0.717) is 18.4 Å². The Morgan fingerprint density at radius 3 is 1.88 bits per heavy atom. The van der Waals surface area contributed by atoms with Crippen LogP contribution < -0.4 is 16.0 Å². The van der Waals surface area contributed by atoms with Gasteiger partial charge >= 0.3 is 18.0 Å². The van der Waals surface area contributed by atoms with Gasteiger partial charge in [-0.15, -0.1) is 13.2 Å². The molecule has 12 nitrogen and oxygen atoms in total. The molecule has 59 heavy (non-hydrogen) atoms. The third-order valence-corrected chi connectivity index (χ3v) is 9.96. The Bertz CT molecular complexity index is 2010. The summed E-state index contributed by atoms with van der Waals surface area (Å²) in [5.74, 6) is -4.07. The fourth-order valence-electron chi connectivity index (χ4n) is 6.92. The van der Waals surface area contributed by atoms with Crippen LogP contribution in [0.1, 0.15) is 53.9 Å². The largest absolute Gasteiger partial charge is 0.461 e. The lowest BCUT2D eigenvalue weighted by Crippen LogP contribution is -2.50. The maximum atomic E-state index is 13.7. The van der Waals surface area contributed by atoms with Gasteiger partial charge in [0.05, 0.1) is 18.6 Å². The normalized spacial score (nSPS) is 13.6. The molecule has 1 aliphatic carbocycles. The highest BCUT2D eigenvalue weighted by molar-refractivity contribution is 5.90. The molecular weight excluding hydrogens is 751 g/mol. The molecule has 0 aliphatic heterocycles. The summed E-state index contributed by atoms with van der Waals surface area (Å²) >= 11 is 0. The maximum Gasteiger partial charge on any atom is 0.407 e. The number of hydrogen-bond donors (Lipinski definition) is 4. The lowest BCUT2D eigenvalue weighted by molar-refractivity contribution is -0.156. The van der Waals surface area contributed by atoms with Crippen molar-refractivity contribution in [3.05, 3.63) is 157 Å². The monoisotopic (exact) mass is 801 g/mol. The molecule has 0 heterocycles.